The predicted molar refractivity (Wildman–Crippen MR) is 91.3 cm³/mol. The summed E-state index contributed by atoms with van der Waals surface area (Å²) in [5.41, 5.74) is 0. The van der Waals surface area contributed by atoms with Crippen LogP contribution >= 0.6 is 0 Å². The van der Waals surface area contributed by atoms with Crippen molar-refractivity contribution in [1.82, 2.24) is 0 Å². The molecule has 0 N–H and O–H groups in total. The van der Waals surface area contributed by atoms with Gasteiger partial charge in [0.2, 0.25) is 0 Å². The van der Waals surface area contributed by atoms with E-state index in [4.69, 9.17) is 4.74 Å². The summed E-state index contributed by atoms with van der Waals surface area (Å²) in [5, 5.41) is 0. The second-order valence-electron chi connectivity index (χ2n) is 5.99. The monoisotopic (exact) mass is 282 g/mol. The van der Waals surface area contributed by atoms with Gasteiger partial charge in [0.05, 0.1) is 6.10 Å². The number of hydrogen-bond donors (Lipinski definition) is 0. The van der Waals surface area contributed by atoms with Crippen molar-refractivity contribution in [2.24, 2.45) is 0 Å². The summed E-state index contributed by atoms with van der Waals surface area (Å²) in [6, 6.07) is 0. The van der Waals surface area contributed by atoms with Crippen molar-refractivity contribution in [2.75, 3.05) is 6.61 Å². The first-order chi connectivity index (χ1) is 9.81. The van der Waals surface area contributed by atoms with Crippen molar-refractivity contribution in [3.63, 3.8) is 0 Å². The van der Waals surface area contributed by atoms with Crippen LogP contribution in [0, 0.1) is 0 Å². The Labute approximate surface area is 128 Å². The molecule has 1 heteroatoms. The normalized spacial score (nSPS) is 13.2. The van der Waals surface area contributed by atoms with Crippen LogP contribution in [0.2, 0.25) is 0 Å². The highest BCUT2D eigenvalue weighted by Gasteiger charge is 2.00. The molecule has 0 aliphatic heterocycles. The van der Waals surface area contributed by atoms with Crippen LogP contribution in [0.15, 0.2) is 12.2 Å². The van der Waals surface area contributed by atoms with Gasteiger partial charge in [-0.2, -0.15) is 0 Å². The molecule has 0 aromatic heterocycles. The molecule has 0 fully saturated rings. The van der Waals surface area contributed by atoms with Crippen LogP contribution in [0.3, 0.4) is 0 Å². The second-order valence-corrected chi connectivity index (χ2v) is 5.99. The molecule has 0 radical (unpaired) electrons. The van der Waals surface area contributed by atoms with Gasteiger partial charge in [-0.25, -0.2) is 0 Å². The minimum absolute atomic E-state index is 0.454. The number of hydrogen-bond acceptors (Lipinski definition) is 1. The molecule has 0 heterocycles. The molecule has 0 amide bonds. The van der Waals surface area contributed by atoms with E-state index in [-0.39, 0.29) is 0 Å². The molecule has 0 aliphatic rings. The molecule has 20 heavy (non-hydrogen) atoms. The van der Waals surface area contributed by atoms with Gasteiger partial charge in [-0.15, -0.1) is 0 Å². The molecule has 0 saturated heterocycles. The van der Waals surface area contributed by atoms with E-state index in [0.29, 0.717) is 6.10 Å². The third kappa shape index (κ3) is 15.8. The fourth-order valence-electron chi connectivity index (χ4n) is 2.31. The lowest BCUT2D eigenvalue weighted by atomic mass is 10.1. The molecular weight excluding hydrogens is 244 g/mol. The lowest BCUT2D eigenvalue weighted by molar-refractivity contribution is 0.0566. The van der Waals surface area contributed by atoms with Gasteiger partial charge in [0.25, 0.3) is 0 Å². The minimum atomic E-state index is 0.454. The SMILES string of the molecule is CCCCCC/C=C\CCCCCC(C)OCCCC. The fraction of sp³-hybridized carbons (Fsp3) is 0.895. The van der Waals surface area contributed by atoms with Gasteiger partial charge in [0.15, 0.2) is 0 Å². The Morgan fingerprint density at radius 1 is 0.750 bits per heavy atom. The van der Waals surface area contributed by atoms with E-state index in [0.717, 1.165) is 6.61 Å². The van der Waals surface area contributed by atoms with Gasteiger partial charge < -0.3 is 4.74 Å². The van der Waals surface area contributed by atoms with Gasteiger partial charge >= 0.3 is 0 Å². The summed E-state index contributed by atoms with van der Waals surface area (Å²) >= 11 is 0. The highest BCUT2D eigenvalue weighted by molar-refractivity contribution is 4.81. The van der Waals surface area contributed by atoms with Crippen LogP contribution in [-0.4, -0.2) is 12.7 Å². The Balaban J connectivity index is 3.17. The molecule has 0 rings (SSSR count). The molecule has 0 saturated carbocycles. The van der Waals surface area contributed by atoms with Crippen molar-refractivity contribution >= 4 is 0 Å². The third-order valence-electron chi connectivity index (χ3n) is 3.77. The van der Waals surface area contributed by atoms with E-state index < -0.39 is 0 Å². The van der Waals surface area contributed by atoms with E-state index in [1.165, 1.54) is 77.0 Å². The van der Waals surface area contributed by atoms with Crippen molar-refractivity contribution in [3.05, 3.63) is 12.2 Å². The maximum absolute atomic E-state index is 5.76. The third-order valence-corrected chi connectivity index (χ3v) is 3.77. The van der Waals surface area contributed by atoms with E-state index in [1.54, 1.807) is 0 Å². The summed E-state index contributed by atoms with van der Waals surface area (Å²) in [5.74, 6) is 0. The summed E-state index contributed by atoms with van der Waals surface area (Å²) in [7, 11) is 0. The molecule has 1 atom stereocenters. The summed E-state index contributed by atoms with van der Waals surface area (Å²) in [4.78, 5) is 0. The molecular formula is C19H38O. The largest absolute Gasteiger partial charge is 0.379 e. The maximum Gasteiger partial charge on any atom is 0.0547 e. The zero-order chi connectivity index (χ0) is 14.9. The van der Waals surface area contributed by atoms with Crippen LogP contribution in [-0.2, 0) is 4.74 Å². The number of allylic oxidation sites excluding steroid dienone is 2. The first-order valence-corrected chi connectivity index (χ1v) is 9.07. The predicted octanol–water partition coefficient (Wildman–Crippen LogP) is 6.67. The highest BCUT2D eigenvalue weighted by atomic mass is 16.5. The summed E-state index contributed by atoms with van der Waals surface area (Å²) in [6.07, 6.45) is 20.9. The zero-order valence-corrected chi connectivity index (χ0v) is 14.3. The van der Waals surface area contributed by atoms with Gasteiger partial charge in [0, 0.05) is 6.61 Å². The Morgan fingerprint density at radius 3 is 1.95 bits per heavy atom. The number of ether oxygens (including phenoxy) is 1. The first-order valence-electron chi connectivity index (χ1n) is 9.07. The molecule has 1 unspecified atom stereocenters. The van der Waals surface area contributed by atoms with Gasteiger partial charge in [0.1, 0.15) is 0 Å². The quantitative estimate of drug-likeness (QED) is 0.241. The molecule has 1 nitrogen and oxygen atoms in total. The average molecular weight is 283 g/mol. The fourth-order valence-corrected chi connectivity index (χ4v) is 2.31. The Hall–Kier alpha value is -0.300. The molecule has 0 aromatic carbocycles. The van der Waals surface area contributed by atoms with Crippen LogP contribution in [0.4, 0.5) is 0 Å². The van der Waals surface area contributed by atoms with Crippen molar-refractivity contribution < 1.29 is 4.74 Å². The summed E-state index contributed by atoms with van der Waals surface area (Å²) < 4.78 is 5.76. The Kier molecular flexibility index (Phi) is 16.5. The first kappa shape index (κ1) is 19.7. The number of unbranched alkanes of at least 4 members (excludes halogenated alkanes) is 8. The molecule has 0 aliphatic carbocycles. The highest BCUT2D eigenvalue weighted by Crippen LogP contribution is 2.09. The van der Waals surface area contributed by atoms with E-state index in [9.17, 15) is 0 Å². The summed E-state index contributed by atoms with van der Waals surface area (Å²) in [6.45, 7) is 7.64. The van der Waals surface area contributed by atoms with E-state index >= 15 is 0 Å². The smallest absolute Gasteiger partial charge is 0.0547 e. The van der Waals surface area contributed by atoms with Gasteiger partial charge in [-0.05, 0) is 45.4 Å². The van der Waals surface area contributed by atoms with E-state index in [2.05, 4.69) is 32.9 Å². The molecule has 0 spiro atoms. The molecule has 0 aromatic rings. The topological polar surface area (TPSA) is 9.23 Å². The van der Waals surface area contributed by atoms with E-state index in [1.807, 2.05) is 0 Å². The van der Waals surface area contributed by atoms with Crippen molar-refractivity contribution in [1.29, 1.82) is 0 Å². The molecule has 120 valence electrons. The lowest BCUT2D eigenvalue weighted by Gasteiger charge is -2.12. The average Bonchev–Trinajstić information content (AvgIpc) is 2.45. The van der Waals surface area contributed by atoms with Crippen LogP contribution in [0.25, 0.3) is 0 Å². The van der Waals surface area contributed by atoms with Crippen molar-refractivity contribution in [2.45, 2.75) is 104 Å². The minimum Gasteiger partial charge on any atom is -0.379 e. The standard InChI is InChI=1S/C19H38O/c1-4-6-8-9-10-11-12-13-14-15-16-17-19(3)20-18-7-5-2/h11-12,19H,4-10,13-18H2,1-3H3/b12-11-. The van der Waals surface area contributed by atoms with Crippen molar-refractivity contribution in [3.8, 4) is 0 Å². The van der Waals surface area contributed by atoms with Gasteiger partial charge in [-0.1, -0.05) is 64.5 Å². The number of rotatable bonds is 15. The lowest BCUT2D eigenvalue weighted by Crippen LogP contribution is -2.08. The maximum atomic E-state index is 5.76. The molecule has 0 bridgehead atoms. The zero-order valence-electron chi connectivity index (χ0n) is 14.3. The Bertz CT molecular complexity index is 198. The van der Waals surface area contributed by atoms with Crippen LogP contribution in [0.1, 0.15) is 97.8 Å². The second kappa shape index (κ2) is 16.8. The Morgan fingerprint density at radius 2 is 1.35 bits per heavy atom. The van der Waals surface area contributed by atoms with Crippen LogP contribution in [0.5, 0.6) is 0 Å². The van der Waals surface area contributed by atoms with Gasteiger partial charge in [-0.3, -0.25) is 0 Å². The van der Waals surface area contributed by atoms with Crippen LogP contribution < -0.4 is 0 Å².